The maximum Gasteiger partial charge on any atom is 0.406 e. The van der Waals surface area contributed by atoms with Crippen molar-refractivity contribution in [1.82, 2.24) is 4.90 Å². The highest BCUT2D eigenvalue weighted by molar-refractivity contribution is 7.90. The van der Waals surface area contributed by atoms with E-state index in [1.807, 2.05) is 0 Å². The number of nitrogens with one attached hydrogen (secondary N) is 1. The Balaban J connectivity index is 1.89. The van der Waals surface area contributed by atoms with Crippen LogP contribution in [0.5, 0.6) is 0 Å². The molecule has 0 radical (unpaired) electrons. The summed E-state index contributed by atoms with van der Waals surface area (Å²) in [5.74, 6) is -2.80. The number of rotatable bonds is 8. The Morgan fingerprint density at radius 2 is 1.58 bits per heavy atom. The fourth-order valence-corrected chi connectivity index (χ4v) is 4.48. The summed E-state index contributed by atoms with van der Waals surface area (Å²) >= 11 is 0. The third-order valence-electron chi connectivity index (χ3n) is 5.21. The van der Waals surface area contributed by atoms with Crippen molar-refractivity contribution in [3.63, 3.8) is 0 Å². The molecule has 3 rings (SSSR count). The molecule has 0 saturated heterocycles. The van der Waals surface area contributed by atoms with Crippen molar-refractivity contribution >= 4 is 27.4 Å². The maximum absolute atomic E-state index is 13.2. The van der Waals surface area contributed by atoms with Crippen molar-refractivity contribution in [3.8, 4) is 11.1 Å². The number of carbonyl (C=O) groups is 2. The molecular weight excluding hydrogens is 495 g/mol. The van der Waals surface area contributed by atoms with Gasteiger partial charge in [0.05, 0.1) is 4.90 Å². The van der Waals surface area contributed by atoms with Gasteiger partial charge in [0, 0.05) is 29.5 Å². The van der Waals surface area contributed by atoms with Gasteiger partial charge in [-0.05, 0) is 23.3 Å². The van der Waals surface area contributed by atoms with Crippen molar-refractivity contribution in [2.75, 3.05) is 12.8 Å². The number of nitrogens with zero attached hydrogens (tertiary/aromatic N) is 1. The van der Waals surface area contributed by atoms with Crippen molar-refractivity contribution in [1.29, 1.82) is 5.41 Å². The number of amides is 1. The summed E-state index contributed by atoms with van der Waals surface area (Å²) < 4.78 is 63.8. The molecule has 1 amide bonds. The number of hydrogen-bond acceptors (Lipinski definition) is 5. The molecule has 188 valence electrons. The lowest BCUT2D eigenvalue weighted by Gasteiger charge is -2.23. The molecule has 0 bridgehead atoms. The van der Waals surface area contributed by atoms with E-state index in [0.717, 1.165) is 6.26 Å². The molecule has 3 aromatic carbocycles. The minimum Gasteiger partial charge on any atom is -0.384 e. The first-order valence-electron chi connectivity index (χ1n) is 10.5. The second kappa shape index (κ2) is 10.3. The molecule has 7 nitrogen and oxygen atoms in total. The minimum atomic E-state index is -4.76. The Morgan fingerprint density at radius 1 is 0.944 bits per heavy atom. The predicted octanol–water partition coefficient (Wildman–Crippen LogP) is 3.81. The van der Waals surface area contributed by atoms with Gasteiger partial charge in [0.25, 0.3) is 5.91 Å². The lowest BCUT2D eigenvalue weighted by atomic mass is 10.0. The van der Waals surface area contributed by atoms with E-state index in [2.05, 4.69) is 0 Å². The van der Waals surface area contributed by atoms with Gasteiger partial charge in [0.1, 0.15) is 12.4 Å². The molecule has 0 spiro atoms. The average molecular weight is 518 g/mol. The van der Waals surface area contributed by atoms with E-state index in [1.54, 1.807) is 18.2 Å². The van der Waals surface area contributed by atoms with E-state index in [9.17, 15) is 31.2 Å². The second-order valence-electron chi connectivity index (χ2n) is 8.07. The van der Waals surface area contributed by atoms with Crippen LogP contribution in [0.15, 0.2) is 77.7 Å². The number of nitrogen functional groups attached to an aromatic ring is 1. The summed E-state index contributed by atoms with van der Waals surface area (Å²) in [5.41, 5.74) is 6.64. The number of benzene rings is 3. The Kier molecular flexibility index (Phi) is 7.63. The van der Waals surface area contributed by atoms with Gasteiger partial charge in [0.2, 0.25) is 5.78 Å². The van der Waals surface area contributed by atoms with Crippen LogP contribution in [-0.2, 0) is 21.2 Å². The number of nitrogens with two attached hydrogens (primary N) is 1. The molecule has 3 N–H and O–H groups in total. The zero-order valence-corrected chi connectivity index (χ0v) is 19.9. The van der Waals surface area contributed by atoms with E-state index >= 15 is 0 Å². The molecular formula is C25H22F3N3O4S. The maximum atomic E-state index is 13.2. The summed E-state index contributed by atoms with van der Waals surface area (Å²) in [6, 6.07) is 17.4. The second-order valence-corrected chi connectivity index (χ2v) is 10.0. The summed E-state index contributed by atoms with van der Waals surface area (Å²) in [6.45, 7) is -2.17. The van der Waals surface area contributed by atoms with Crippen LogP contribution in [-0.4, -0.2) is 49.8 Å². The Morgan fingerprint density at radius 3 is 2.17 bits per heavy atom. The summed E-state index contributed by atoms with van der Waals surface area (Å²) in [7, 11) is -3.54. The zero-order chi connectivity index (χ0) is 26.7. The van der Waals surface area contributed by atoms with E-state index in [-0.39, 0.29) is 27.4 Å². The van der Waals surface area contributed by atoms with Crippen molar-refractivity contribution < 1.29 is 31.2 Å². The van der Waals surface area contributed by atoms with Gasteiger partial charge in [-0.15, -0.1) is 0 Å². The molecule has 0 atom stereocenters. The van der Waals surface area contributed by atoms with Gasteiger partial charge in [-0.1, -0.05) is 60.7 Å². The first kappa shape index (κ1) is 26.6. The SMILES string of the molecule is CS(=O)(=O)c1ccccc1-c1ccc(C(=O)C(=O)N(Cc2cccc(C(=N)N)c2)CC(F)(F)F)cc1. The number of halogens is 3. The number of hydrogen-bond donors (Lipinski definition) is 2. The topological polar surface area (TPSA) is 121 Å². The van der Waals surface area contributed by atoms with E-state index < -0.39 is 40.8 Å². The van der Waals surface area contributed by atoms with Gasteiger partial charge < -0.3 is 10.6 Å². The molecule has 36 heavy (non-hydrogen) atoms. The molecule has 0 fully saturated rings. The third-order valence-corrected chi connectivity index (χ3v) is 6.36. The molecule has 0 aliphatic rings. The van der Waals surface area contributed by atoms with Crippen LogP contribution < -0.4 is 5.73 Å². The van der Waals surface area contributed by atoms with E-state index in [1.165, 1.54) is 54.6 Å². The fraction of sp³-hybridized carbons (Fsp3) is 0.160. The highest BCUT2D eigenvalue weighted by Crippen LogP contribution is 2.28. The van der Waals surface area contributed by atoms with Crippen LogP contribution in [0.3, 0.4) is 0 Å². The largest absolute Gasteiger partial charge is 0.406 e. The van der Waals surface area contributed by atoms with E-state index in [4.69, 9.17) is 11.1 Å². The Hall–Kier alpha value is -3.99. The number of Topliss-reactive ketones (excluding diaryl/α,β-unsaturated/α-hetero) is 1. The number of alkyl halides is 3. The number of sulfone groups is 1. The predicted molar refractivity (Wildman–Crippen MR) is 128 cm³/mol. The highest BCUT2D eigenvalue weighted by atomic mass is 32.2. The lowest BCUT2D eigenvalue weighted by molar-refractivity contribution is -0.159. The molecule has 0 aliphatic carbocycles. The number of carbonyl (C=O) groups excluding carboxylic acids is 2. The number of amidine groups is 1. The molecule has 0 unspecified atom stereocenters. The molecule has 0 heterocycles. The van der Waals surface area contributed by atoms with E-state index in [0.29, 0.717) is 16.0 Å². The molecule has 11 heteroatoms. The molecule has 0 saturated carbocycles. The van der Waals surface area contributed by atoms with Crippen LogP contribution in [0.2, 0.25) is 0 Å². The van der Waals surface area contributed by atoms with Crippen LogP contribution in [0, 0.1) is 5.41 Å². The highest BCUT2D eigenvalue weighted by Gasteiger charge is 2.35. The summed E-state index contributed by atoms with van der Waals surface area (Å²) in [5, 5.41) is 7.48. The molecule has 0 aliphatic heterocycles. The van der Waals surface area contributed by atoms with Crippen LogP contribution in [0.1, 0.15) is 21.5 Å². The fourth-order valence-electron chi connectivity index (χ4n) is 3.57. The van der Waals surface area contributed by atoms with Crippen LogP contribution >= 0.6 is 0 Å². The quantitative estimate of drug-likeness (QED) is 0.204. The Labute approximate surface area is 205 Å². The lowest BCUT2D eigenvalue weighted by Crippen LogP contribution is -2.42. The minimum absolute atomic E-state index is 0.0734. The summed E-state index contributed by atoms with van der Waals surface area (Å²) in [4.78, 5) is 26.1. The van der Waals surface area contributed by atoms with Gasteiger partial charge in [-0.2, -0.15) is 13.2 Å². The van der Waals surface area contributed by atoms with Gasteiger partial charge in [-0.3, -0.25) is 15.0 Å². The average Bonchev–Trinajstić information content (AvgIpc) is 2.81. The first-order chi connectivity index (χ1) is 16.8. The van der Waals surface area contributed by atoms with Crippen molar-refractivity contribution in [2.24, 2.45) is 5.73 Å². The number of ketones is 1. The van der Waals surface area contributed by atoms with Crippen LogP contribution in [0.4, 0.5) is 13.2 Å². The standard InChI is InChI=1S/C25H22F3N3O4S/c1-36(34,35)21-8-3-2-7-20(21)17-9-11-18(12-10-17)22(32)24(33)31(15-25(26,27)28)14-16-5-4-6-19(13-16)23(29)30/h2-13H,14-15H2,1H3,(H3,29,30). The van der Waals surface area contributed by atoms with Gasteiger partial charge in [-0.25, -0.2) is 8.42 Å². The smallest absolute Gasteiger partial charge is 0.384 e. The monoisotopic (exact) mass is 517 g/mol. The molecule has 0 aromatic heterocycles. The molecule has 3 aromatic rings. The summed E-state index contributed by atoms with van der Waals surface area (Å²) in [6.07, 6.45) is -3.70. The normalized spacial score (nSPS) is 11.7. The van der Waals surface area contributed by atoms with Crippen molar-refractivity contribution in [2.45, 2.75) is 17.6 Å². The van der Waals surface area contributed by atoms with Crippen molar-refractivity contribution in [3.05, 3.63) is 89.5 Å². The zero-order valence-electron chi connectivity index (χ0n) is 19.0. The van der Waals surface area contributed by atoms with Gasteiger partial charge >= 0.3 is 6.18 Å². The van der Waals surface area contributed by atoms with Gasteiger partial charge in [0.15, 0.2) is 9.84 Å². The first-order valence-corrected chi connectivity index (χ1v) is 12.4. The van der Waals surface area contributed by atoms with Crippen LogP contribution in [0.25, 0.3) is 11.1 Å². The Bertz CT molecular complexity index is 1420. The third kappa shape index (κ3) is 6.57.